The van der Waals surface area contributed by atoms with E-state index in [2.05, 4.69) is 0 Å². The second-order valence-electron chi connectivity index (χ2n) is 3.77. The number of nitrogens with one attached hydrogen (secondary N) is 1. The van der Waals surface area contributed by atoms with E-state index in [1.807, 2.05) is 4.72 Å². The molecule has 0 rings (SSSR count). The molecule has 0 aliphatic carbocycles. The first-order valence-electron chi connectivity index (χ1n) is 4.63. The molecule has 0 spiro atoms. The topological polar surface area (TPSA) is 127 Å². The monoisotopic (exact) mass is 252 g/mol. The van der Waals surface area contributed by atoms with Gasteiger partial charge in [-0.2, -0.15) is 0 Å². The number of rotatable bonds is 6. The first-order chi connectivity index (χ1) is 7.09. The fourth-order valence-corrected chi connectivity index (χ4v) is 2.15. The molecule has 0 aliphatic rings. The van der Waals surface area contributed by atoms with Gasteiger partial charge in [0.2, 0.25) is 15.9 Å². The SMILES string of the molecule is CC(C)C(NS(=O)(=O)C(C)C(=O)O)C(N)=O. The molecule has 0 aromatic heterocycles. The van der Waals surface area contributed by atoms with Gasteiger partial charge in [0.25, 0.3) is 0 Å². The van der Waals surface area contributed by atoms with E-state index in [0.717, 1.165) is 6.92 Å². The summed E-state index contributed by atoms with van der Waals surface area (Å²) in [4.78, 5) is 21.5. The van der Waals surface area contributed by atoms with E-state index in [-0.39, 0.29) is 5.92 Å². The summed E-state index contributed by atoms with van der Waals surface area (Å²) in [6.45, 7) is 4.22. The van der Waals surface area contributed by atoms with Gasteiger partial charge in [-0.1, -0.05) is 13.8 Å². The Morgan fingerprint density at radius 1 is 1.25 bits per heavy atom. The average molecular weight is 252 g/mol. The summed E-state index contributed by atoms with van der Waals surface area (Å²) in [6, 6.07) is -1.10. The lowest BCUT2D eigenvalue weighted by Gasteiger charge is -2.20. The van der Waals surface area contributed by atoms with Crippen molar-refractivity contribution in [2.24, 2.45) is 11.7 Å². The van der Waals surface area contributed by atoms with Gasteiger partial charge in [-0.25, -0.2) is 13.1 Å². The zero-order valence-electron chi connectivity index (χ0n) is 9.30. The molecule has 1 amide bonds. The van der Waals surface area contributed by atoms with Crippen molar-refractivity contribution in [3.63, 3.8) is 0 Å². The lowest BCUT2D eigenvalue weighted by atomic mass is 10.1. The lowest BCUT2D eigenvalue weighted by Crippen LogP contribution is -2.51. The van der Waals surface area contributed by atoms with Crippen LogP contribution in [0.25, 0.3) is 0 Å². The minimum atomic E-state index is -4.10. The third kappa shape index (κ3) is 3.78. The molecule has 4 N–H and O–H groups in total. The molecular formula is C8H16N2O5S. The Morgan fingerprint density at radius 3 is 1.94 bits per heavy atom. The Bertz CT molecular complexity index is 376. The molecule has 16 heavy (non-hydrogen) atoms. The van der Waals surface area contributed by atoms with Crippen LogP contribution in [-0.2, 0) is 19.6 Å². The Labute approximate surface area is 94.1 Å². The minimum absolute atomic E-state index is 0.353. The van der Waals surface area contributed by atoms with Crippen LogP contribution in [0.2, 0.25) is 0 Å². The molecule has 0 saturated carbocycles. The van der Waals surface area contributed by atoms with Gasteiger partial charge in [0.15, 0.2) is 5.25 Å². The van der Waals surface area contributed by atoms with Crippen LogP contribution < -0.4 is 10.5 Å². The van der Waals surface area contributed by atoms with Crippen molar-refractivity contribution < 1.29 is 23.1 Å². The first kappa shape index (κ1) is 14.8. The van der Waals surface area contributed by atoms with Crippen molar-refractivity contribution in [2.75, 3.05) is 0 Å². The predicted octanol–water partition coefficient (Wildman–Crippen LogP) is -1.11. The summed E-state index contributed by atoms with van der Waals surface area (Å²) >= 11 is 0. The van der Waals surface area contributed by atoms with Crippen LogP contribution in [0.4, 0.5) is 0 Å². The number of primary amides is 1. The van der Waals surface area contributed by atoms with Crippen LogP contribution in [0.5, 0.6) is 0 Å². The Morgan fingerprint density at radius 2 is 1.69 bits per heavy atom. The number of carbonyl (C=O) groups excluding carboxylic acids is 1. The number of hydrogen-bond acceptors (Lipinski definition) is 4. The van der Waals surface area contributed by atoms with E-state index in [9.17, 15) is 18.0 Å². The van der Waals surface area contributed by atoms with E-state index < -0.39 is 33.2 Å². The van der Waals surface area contributed by atoms with Gasteiger partial charge in [-0.3, -0.25) is 9.59 Å². The molecule has 0 aromatic rings. The highest BCUT2D eigenvalue weighted by Crippen LogP contribution is 2.06. The molecule has 2 unspecified atom stereocenters. The van der Waals surface area contributed by atoms with Gasteiger partial charge < -0.3 is 10.8 Å². The number of hydrogen-bond donors (Lipinski definition) is 3. The molecule has 94 valence electrons. The van der Waals surface area contributed by atoms with E-state index in [4.69, 9.17) is 10.8 Å². The van der Waals surface area contributed by atoms with Crippen molar-refractivity contribution in [3.05, 3.63) is 0 Å². The van der Waals surface area contributed by atoms with Crippen LogP contribution in [0.15, 0.2) is 0 Å². The summed E-state index contributed by atoms with van der Waals surface area (Å²) in [5.74, 6) is -2.68. The fourth-order valence-electron chi connectivity index (χ4n) is 0.934. The molecule has 0 aliphatic heterocycles. The van der Waals surface area contributed by atoms with Crippen molar-refractivity contribution in [3.8, 4) is 0 Å². The molecule has 0 bridgehead atoms. The van der Waals surface area contributed by atoms with Crippen molar-refractivity contribution in [2.45, 2.75) is 32.1 Å². The van der Waals surface area contributed by atoms with Crippen LogP contribution in [0.1, 0.15) is 20.8 Å². The normalized spacial score (nSPS) is 15.8. The number of carboxylic acid groups (broad SMARTS) is 1. The largest absolute Gasteiger partial charge is 0.480 e. The number of carboxylic acids is 1. The fraction of sp³-hybridized carbons (Fsp3) is 0.750. The van der Waals surface area contributed by atoms with E-state index in [1.54, 1.807) is 13.8 Å². The third-order valence-electron chi connectivity index (χ3n) is 2.08. The molecular weight excluding hydrogens is 236 g/mol. The van der Waals surface area contributed by atoms with Gasteiger partial charge in [0.05, 0.1) is 0 Å². The second kappa shape index (κ2) is 5.26. The molecule has 0 aromatic carbocycles. The predicted molar refractivity (Wildman–Crippen MR) is 57.0 cm³/mol. The van der Waals surface area contributed by atoms with Gasteiger partial charge in [-0.05, 0) is 12.8 Å². The Kier molecular flexibility index (Phi) is 4.88. The smallest absolute Gasteiger partial charge is 0.323 e. The summed E-state index contributed by atoms with van der Waals surface area (Å²) in [5.41, 5.74) is 5.01. The standard InChI is InChI=1S/C8H16N2O5S/c1-4(2)6(7(9)11)10-16(14,15)5(3)8(12)13/h4-6,10H,1-3H3,(H2,9,11)(H,12,13). The second-order valence-corrected chi connectivity index (χ2v) is 5.80. The summed E-state index contributed by atoms with van der Waals surface area (Å²) in [6.07, 6.45) is 0. The minimum Gasteiger partial charge on any atom is -0.480 e. The Hall–Kier alpha value is -1.15. The first-order valence-corrected chi connectivity index (χ1v) is 6.17. The van der Waals surface area contributed by atoms with Gasteiger partial charge >= 0.3 is 5.97 Å². The van der Waals surface area contributed by atoms with Crippen molar-refractivity contribution in [1.29, 1.82) is 0 Å². The van der Waals surface area contributed by atoms with Gasteiger partial charge in [0.1, 0.15) is 6.04 Å². The molecule has 8 heteroatoms. The number of aliphatic carboxylic acids is 1. The van der Waals surface area contributed by atoms with Crippen molar-refractivity contribution >= 4 is 21.9 Å². The van der Waals surface area contributed by atoms with Crippen LogP contribution >= 0.6 is 0 Å². The maximum absolute atomic E-state index is 11.5. The average Bonchev–Trinajstić information content (AvgIpc) is 2.11. The van der Waals surface area contributed by atoms with Crippen LogP contribution in [0, 0.1) is 5.92 Å². The number of amides is 1. The van der Waals surface area contributed by atoms with E-state index in [1.165, 1.54) is 0 Å². The maximum atomic E-state index is 11.5. The lowest BCUT2D eigenvalue weighted by molar-refractivity contribution is -0.136. The number of sulfonamides is 1. The highest BCUT2D eigenvalue weighted by molar-refractivity contribution is 7.90. The zero-order valence-corrected chi connectivity index (χ0v) is 10.1. The summed E-state index contributed by atoms with van der Waals surface area (Å²) in [5, 5.41) is 6.94. The van der Waals surface area contributed by atoms with Gasteiger partial charge in [0, 0.05) is 0 Å². The maximum Gasteiger partial charge on any atom is 0.323 e. The summed E-state index contributed by atoms with van der Waals surface area (Å²) < 4.78 is 25.0. The molecule has 0 heterocycles. The zero-order chi connectivity index (χ0) is 13.1. The number of nitrogens with two attached hydrogens (primary N) is 1. The Balaban J connectivity index is 4.95. The number of carbonyl (C=O) groups is 2. The molecule has 2 atom stereocenters. The molecule has 0 fully saturated rings. The third-order valence-corrected chi connectivity index (χ3v) is 3.79. The van der Waals surface area contributed by atoms with Crippen molar-refractivity contribution in [1.82, 2.24) is 4.72 Å². The van der Waals surface area contributed by atoms with Crippen LogP contribution in [-0.4, -0.2) is 36.7 Å². The molecule has 0 saturated heterocycles. The quantitative estimate of drug-likeness (QED) is 0.552. The summed E-state index contributed by atoms with van der Waals surface area (Å²) in [7, 11) is -4.10. The van der Waals surface area contributed by atoms with E-state index in [0.29, 0.717) is 0 Å². The van der Waals surface area contributed by atoms with E-state index >= 15 is 0 Å². The van der Waals surface area contributed by atoms with Crippen LogP contribution in [0.3, 0.4) is 0 Å². The van der Waals surface area contributed by atoms with Gasteiger partial charge in [-0.15, -0.1) is 0 Å². The molecule has 0 radical (unpaired) electrons. The molecule has 7 nitrogen and oxygen atoms in total. The highest BCUT2D eigenvalue weighted by atomic mass is 32.2. The highest BCUT2D eigenvalue weighted by Gasteiger charge is 2.32.